The van der Waals surface area contributed by atoms with E-state index in [0.29, 0.717) is 0 Å². The van der Waals surface area contributed by atoms with E-state index in [-0.39, 0.29) is 5.41 Å². The molecule has 1 saturated heterocycles. The van der Waals surface area contributed by atoms with Crippen molar-refractivity contribution in [1.82, 2.24) is 10.2 Å². The average Bonchev–Trinajstić information content (AvgIpc) is 2.76. The quantitative estimate of drug-likeness (QED) is 0.627. The molecule has 2 heterocycles. The van der Waals surface area contributed by atoms with Crippen LogP contribution in [0.5, 0.6) is 11.5 Å². The number of para-hydroxylation sites is 1. The third-order valence-corrected chi connectivity index (χ3v) is 6.29. The van der Waals surface area contributed by atoms with Gasteiger partial charge < -0.3 is 15.4 Å². The maximum absolute atomic E-state index is 6.05. The summed E-state index contributed by atoms with van der Waals surface area (Å²) in [7, 11) is 0. The normalized spacial score (nSPS) is 17.5. The minimum atomic E-state index is -0.0688. The molecule has 0 bridgehead atoms. The van der Waals surface area contributed by atoms with E-state index in [1.165, 1.54) is 22.4 Å². The molecule has 0 aliphatic carbocycles. The Kier molecular flexibility index (Phi) is 4.97. The summed E-state index contributed by atoms with van der Waals surface area (Å²) in [5, 5.41) is 7.08. The van der Waals surface area contributed by atoms with Gasteiger partial charge in [0.1, 0.15) is 11.5 Å². The van der Waals surface area contributed by atoms with Crippen LogP contribution < -0.4 is 15.4 Å². The van der Waals surface area contributed by atoms with E-state index in [2.05, 4.69) is 65.8 Å². The van der Waals surface area contributed by atoms with Crippen LogP contribution in [-0.2, 0) is 12.0 Å². The Balaban J connectivity index is 1.42. The van der Waals surface area contributed by atoms with Crippen molar-refractivity contribution in [3.05, 3.63) is 83.4 Å². The van der Waals surface area contributed by atoms with E-state index < -0.39 is 0 Å². The van der Waals surface area contributed by atoms with Crippen LogP contribution in [0.3, 0.4) is 0 Å². The maximum Gasteiger partial charge on any atom is 0.129 e. The standard InChI is InChI=1S/C26H29N3O/c1-26(2)22-10-9-21(30-20-6-4-3-5-7-20)17-25(22)28-24-11-8-19(16-23(24)26)18-29-14-12-27-13-15-29/h3-11,16-17,27-28H,12-15,18H2,1-2H3. The van der Waals surface area contributed by atoms with Crippen molar-refractivity contribution in [2.75, 3.05) is 31.5 Å². The Labute approximate surface area is 178 Å². The molecule has 4 nitrogen and oxygen atoms in total. The van der Waals surface area contributed by atoms with Crippen molar-refractivity contribution in [3.63, 3.8) is 0 Å². The van der Waals surface area contributed by atoms with Gasteiger partial charge in [-0.3, -0.25) is 4.90 Å². The van der Waals surface area contributed by atoms with Gasteiger partial charge in [0.05, 0.1) is 0 Å². The molecule has 2 aliphatic rings. The van der Waals surface area contributed by atoms with Crippen molar-refractivity contribution in [1.29, 1.82) is 0 Å². The van der Waals surface area contributed by atoms with E-state index in [4.69, 9.17) is 4.74 Å². The van der Waals surface area contributed by atoms with Crippen molar-refractivity contribution < 1.29 is 4.74 Å². The fourth-order valence-corrected chi connectivity index (χ4v) is 4.59. The van der Waals surface area contributed by atoms with E-state index in [0.717, 1.165) is 49.9 Å². The first-order valence-corrected chi connectivity index (χ1v) is 10.8. The molecule has 4 heteroatoms. The van der Waals surface area contributed by atoms with Gasteiger partial charge in [-0.05, 0) is 41.0 Å². The van der Waals surface area contributed by atoms with Crippen LogP contribution in [0.4, 0.5) is 11.4 Å². The van der Waals surface area contributed by atoms with Crippen molar-refractivity contribution in [2.24, 2.45) is 0 Å². The molecule has 2 N–H and O–H groups in total. The number of piperazine rings is 1. The second-order valence-corrected chi connectivity index (χ2v) is 8.78. The molecule has 0 atom stereocenters. The van der Waals surface area contributed by atoms with Gasteiger partial charge in [-0.1, -0.05) is 50.2 Å². The van der Waals surface area contributed by atoms with Gasteiger partial charge in [0.15, 0.2) is 0 Å². The highest BCUT2D eigenvalue weighted by atomic mass is 16.5. The predicted octanol–water partition coefficient (Wildman–Crippen LogP) is 5.27. The summed E-state index contributed by atoms with van der Waals surface area (Å²) in [5.74, 6) is 1.70. The van der Waals surface area contributed by atoms with Crippen LogP contribution in [0, 0.1) is 0 Å². The smallest absolute Gasteiger partial charge is 0.129 e. The Morgan fingerprint density at radius 1 is 0.833 bits per heavy atom. The maximum atomic E-state index is 6.05. The zero-order valence-electron chi connectivity index (χ0n) is 17.7. The molecular formula is C26H29N3O. The molecule has 0 aromatic heterocycles. The topological polar surface area (TPSA) is 36.5 Å². The fraction of sp³-hybridized carbons (Fsp3) is 0.308. The molecule has 0 amide bonds. The Morgan fingerprint density at radius 3 is 2.43 bits per heavy atom. The number of anilines is 2. The number of hydrogen-bond acceptors (Lipinski definition) is 4. The molecule has 3 aromatic carbocycles. The molecule has 2 aliphatic heterocycles. The first-order valence-electron chi connectivity index (χ1n) is 10.8. The number of nitrogens with one attached hydrogen (secondary N) is 2. The molecule has 3 aromatic rings. The molecule has 1 fully saturated rings. The number of fused-ring (bicyclic) bond motifs is 2. The average molecular weight is 400 g/mol. The number of rotatable bonds is 4. The summed E-state index contributed by atoms with van der Waals surface area (Å²) < 4.78 is 6.05. The van der Waals surface area contributed by atoms with Crippen molar-refractivity contribution in [3.8, 4) is 11.5 Å². The molecule has 5 rings (SSSR count). The lowest BCUT2D eigenvalue weighted by Crippen LogP contribution is -2.42. The number of benzene rings is 3. The van der Waals surface area contributed by atoms with Crippen LogP contribution >= 0.6 is 0 Å². The highest BCUT2D eigenvalue weighted by Crippen LogP contribution is 2.46. The molecule has 30 heavy (non-hydrogen) atoms. The van der Waals surface area contributed by atoms with Gasteiger partial charge in [-0.25, -0.2) is 0 Å². The van der Waals surface area contributed by atoms with Gasteiger partial charge in [0.2, 0.25) is 0 Å². The Bertz CT molecular complexity index is 1040. The third kappa shape index (κ3) is 3.69. The van der Waals surface area contributed by atoms with Gasteiger partial charge in [-0.2, -0.15) is 0 Å². The minimum Gasteiger partial charge on any atom is -0.457 e. The Hall–Kier alpha value is -2.82. The zero-order valence-corrected chi connectivity index (χ0v) is 17.7. The molecular weight excluding hydrogens is 370 g/mol. The molecule has 0 radical (unpaired) electrons. The monoisotopic (exact) mass is 399 g/mol. The summed E-state index contributed by atoms with van der Waals surface area (Å²) in [5.41, 5.74) is 6.29. The number of hydrogen-bond donors (Lipinski definition) is 2. The largest absolute Gasteiger partial charge is 0.457 e. The summed E-state index contributed by atoms with van der Waals surface area (Å²) in [6, 6.07) is 23.2. The van der Waals surface area contributed by atoms with E-state index in [1.807, 2.05) is 30.3 Å². The lowest BCUT2D eigenvalue weighted by Gasteiger charge is -2.36. The number of nitrogens with zero attached hydrogens (tertiary/aromatic N) is 1. The molecule has 0 saturated carbocycles. The lowest BCUT2D eigenvalue weighted by atomic mass is 9.74. The van der Waals surface area contributed by atoms with Gasteiger partial charge in [0, 0.05) is 55.6 Å². The van der Waals surface area contributed by atoms with Crippen LogP contribution in [0.15, 0.2) is 66.7 Å². The highest BCUT2D eigenvalue weighted by Gasteiger charge is 2.33. The van der Waals surface area contributed by atoms with Crippen LogP contribution in [0.25, 0.3) is 0 Å². The predicted molar refractivity (Wildman–Crippen MR) is 123 cm³/mol. The molecule has 0 spiro atoms. The third-order valence-electron chi connectivity index (χ3n) is 6.29. The Morgan fingerprint density at radius 2 is 1.63 bits per heavy atom. The fourth-order valence-electron chi connectivity index (χ4n) is 4.59. The summed E-state index contributed by atoms with van der Waals surface area (Å²) in [4.78, 5) is 2.53. The van der Waals surface area contributed by atoms with Crippen molar-refractivity contribution >= 4 is 11.4 Å². The van der Waals surface area contributed by atoms with Crippen molar-refractivity contribution in [2.45, 2.75) is 25.8 Å². The van der Waals surface area contributed by atoms with Gasteiger partial charge >= 0.3 is 0 Å². The second kappa shape index (κ2) is 7.78. The van der Waals surface area contributed by atoms with E-state index >= 15 is 0 Å². The summed E-state index contributed by atoms with van der Waals surface area (Å²) in [6.45, 7) is 10.0. The van der Waals surface area contributed by atoms with Crippen LogP contribution in [0.1, 0.15) is 30.5 Å². The van der Waals surface area contributed by atoms with Crippen LogP contribution in [-0.4, -0.2) is 31.1 Å². The minimum absolute atomic E-state index is 0.0688. The first kappa shape index (κ1) is 19.2. The zero-order chi connectivity index (χ0) is 20.6. The highest BCUT2D eigenvalue weighted by molar-refractivity contribution is 5.76. The molecule has 154 valence electrons. The van der Waals surface area contributed by atoms with Crippen LogP contribution in [0.2, 0.25) is 0 Å². The summed E-state index contributed by atoms with van der Waals surface area (Å²) in [6.07, 6.45) is 0. The van der Waals surface area contributed by atoms with Gasteiger partial charge in [-0.15, -0.1) is 0 Å². The first-order chi connectivity index (χ1) is 14.6. The lowest BCUT2D eigenvalue weighted by molar-refractivity contribution is 0.233. The van der Waals surface area contributed by atoms with E-state index in [9.17, 15) is 0 Å². The second-order valence-electron chi connectivity index (χ2n) is 8.78. The van der Waals surface area contributed by atoms with E-state index in [1.54, 1.807) is 0 Å². The SMILES string of the molecule is CC1(C)c2ccc(Oc3ccccc3)cc2Nc2ccc(CN3CCNCC3)cc21. The molecule has 0 unspecified atom stereocenters. The van der Waals surface area contributed by atoms with Gasteiger partial charge in [0.25, 0.3) is 0 Å². The number of ether oxygens (including phenoxy) is 1. The summed E-state index contributed by atoms with van der Waals surface area (Å²) >= 11 is 0.